The Morgan fingerprint density at radius 3 is 1.15 bits per heavy atom. The number of pyridine rings is 1. The molecule has 3 rings (SSSR count). The number of carboxylic acid groups (broad SMARTS) is 8. The minimum atomic E-state index is -4.41. The first-order valence-electron chi connectivity index (χ1n) is 45.8. The van der Waals surface area contributed by atoms with Crippen LogP contribution in [0.15, 0.2) is 35.1 Å². The van der Waals surface area contributed by atoms with Crippen molar-refractivity contribution < 1.29 is 102 Å². The summed E-state index contributed by atoms with van der Waals surface area (Å²) in [6.45, 7) is 72.1. The van der Waals surface area contributed by atoms with Gasteiger partial charge in [-0.1, -0.05) is 253 Å². The van der Waals surface area contributed by atoms with Crippen LogP contribution in [0, 0.1) is 129 Å². The Balaban J connectivity index is -0.000000321. The van der Waals surface area contributed by atoms with Crippen molar-refractivity contribution in [3.8, 4) is 5.75 Å². The molecule has 0 spiro atoms. The zero-order valence-electron chi connectivity index (χ0n) is 84.2. The number of aromatic nitrogens is 1. The Bertz CT molecular complexity index is 3330. The molecule has 0 bridgehead atoms. The lowest BCUT2D eigenvalue weighted by molar-refractivity contribution is -0.192. The molecule has 726 valence electrons. The van der Waals surface area contributed by atoms with E-state index < -0.39 is 77.6 Å². The van der Waals surface area contributed by atoms with Crippen LogP contribution in [-0.4, -0.2) is 118 Å². The SMILES string of the molecule is CC(C)C(CC(=O)O)C(C)(C)C.CC(C)C(CC(=O)O)C(F)(F)F.CC(C)C(CC(C)(C)C)C(=O)O.CC(C)C(CCC(=O)O)CC(C)(C)C.CC(C)C1(C(=O)O)CCCCC1.CC(C)CC(CC(=O)O)C(C)C.CC(C)CC(CCC(=O)O)C(C)C.CCC(CC)(CC(=O)O)C(C)C.CCc1c(C)cc(C(=O)NC(C)C)c(=O)n1Cc1ccc(OC)cc1. The summed E-state index contributed by atoms with van der Waals surface area (Å²) in [6, 6.07) is 9.28. The third-order valence-electron chi connectivity index (χ3n) is 23.6. The largest absolute Gasteiger partial charge is 0.497 e. The number of carboxylic acids is 8. The van der Waals surface area contributed by atoms with Crippen LogP contribution in [0.4, 0.5) is 13.2 Å². The Morgan fingerprint density at radius 2 is 0.911 bits per heavy atom. The molecule has 2 aromatic rings. The number of amides is 1. The van der Waals surface area contributed by atoms with Crippen LogP contribution in [0.25, 0.3) is 0 Å². The van der Waals surface area contributed by atoms with Crippen molar-refractivity contribution in [3.63, 3.8) is 0 Å². The number of alkyl halides is 3. The number of hydrogen-bond acceptors (Lipinski definition) is 11. The van der Waals surface area contributed by atoms with E-state index in [9.17, 15) is 61.1 Å². The van der Waals surface area contributed by atoms with Gasteiger partial charge in [0.2, 0.25) is 0 Å². The van der Waals surface area contributed by atoms with Gasteiger partial charge in [0.1, 0.15) is 11.3 Å². The molecule has 1 fully saturated rings. The predicted molar refractivity (Wildman–Crippen MR) is 498 cm³/mol. The van der Waals surface area contributed by atoms with E-state index in [4.69, 9.17) is 45.6 Å². The zero-order chi connectivity index (χ0) is 98.9. The standard InChI is InChI=1S/C20H26N2O3.C12H24O2.C11H22O2.C10H18O2.4C10H20O2.C7H11F3O2/c1-6-18-14(4)11-17(19(23)21-13(2)3)20(24)22(18)12-15-7-9-16(25-5)10-8-15;1-9(2)10(6-7-11(13)14)8-12(3,4)5;1-8(2)7-10(9(3)4)5-6-11(12)13;1-8(2)10(9(11)12)6-4-3-5-7-10;1-7(2)8(9(11)12)6-10(3,4)5;1-7(2)8(6-9(11)12)10(3,4)5;1-7(2)5-9(8(3)4)6-10(11)12;1-5-10(6-2,8(3)4)7-9(11)12;1-4(2)5(3-6(11)12)7(8,9)10/h7-11,13H,6,12H2,1-5H3,(H,21,23);9-10H,6-8H2,1-5H3,(H,13,14);8-10H,5-7H2,1-4H3,(H,12,13);8H,3-7H2,1-2H3,(H,11,12);2*7-8H,6H2,1-5H3,(H,11,12);7-9H,5-6H2,1-4H3,(H,11,12);8H,5-7H2,1-4H3,(H,11,12);4-5H,3H2,1-2H3,(H,11,12). The van der Waals surface area contributed by atoms with Gasteiger partial charge >= 0.3 is 53.9 Å². The molecule has 1 aromatic carbocycles. The molecule has 24 heteroatoms. The van der Waals surface area contributed by atoms with Crippen LogP contribution in [-0.2, 0) is 51.3 Å². The van der Waals surface area contributed by atoms with Crippen molar-refractivity contribution in [1.29, 1.82) is 0 Å². The van der Waals surface area contributed by atoms with Crippen LogP contribution in [0.2, 0.25) is 0 Å². The quantitative estimate of drug-likeness (QED) is 0.0301. The molecule has 1 saturated carbocycles. The molecule has 1 heterocycles. The van der Waals surface area contributed by atoms with E-state index in [-0.39, 0.29) is 69.4 Å². The number of hydrogen-bond donors (Lipinski definition) is 9. The second-order valence-electron chi connectivity index (χ2n) is 41.6. The highest BCUT2D eigenvalue weighted by molar-refractivity contribution is 5.94. The van der Waals surface area contributed by atoms with Gasteiger partial charge in [-0.15, -0.1) is 0 Å². The molecule has 0 radical (unpaired) electrons. The Hall–Kier alpha value is -7.01. The summed E-state index contributed by atoms with van der Waals surface area (Å²) in [7, 11) is 1.62. The number of benzene rings is 1. The van der Waals surface area contributed by atoms with E-state index >= 15 is 0 Å². The lowest BCUT2D eigenvalue weighted by Crippen LogP contribution is -2.38. The Morgan fingerprint density at radius 1 is 0.508 bits per heavy atom. The van der Waals surface area contributed by atoms with Crippen molar-refractivity contribution in [1.82, 2.24) is 9.88 Å². The van der Waals surface area contributed by atoms with Crippen LogP contribution >= 0.6 is 0 Å². The Labute approximate surface area is 749 Å². The van der Waals surface area contributed by atoms with E-state index in [1.54, 1.807) is 17.7 Å². The smallest absolute Gasteiger partial charge is 0.392 e. The average molecular weight is 1770 g/mol. The van der Waals surface area contributed by atoms with E-state index in [0.717, 1.165) is 106 Å². The first-order valence-corrected chi connectivity index (χ1v) is 45.8. The molecule has 0 aliphatic heterocycles. The molecule has 21 nitrogen and oxygen atoms in total. The van der Waals surface area contributed by atoms with E-state index in [1.807, 2.05) is 79.7 Å². The molecular formula is C100H181F3N2O19. The van der Waals surface area contributed by atoms with Gasteiger partial charge in [0.15, 0.2) is 0 Å². The highest BCUT2D eigenvalue weighted by atomic mass is 19.4. The summed E-state index contributed by atoms with van der Waals surface area (Å²) in [4.78, 5) is 110. The van der Waals surface area contributed by atoms with Gasteiger partial charge in [0.25, 0.3) is 11.5 Å². The molecule has 9 N–H and O–H groups in total. The number of nitrogens with zero attached hydrogens (tertiary/aromatic N) is 1. The molecule has 1 amide bonds. The number of carbonyl (C=O) groups is 9. The molecular weight excluding hydrogens is 1590 g/mol. The zero-order valence-corrected chi connectivity index (χ0v) is 84.2. The molecule has 0 saturated heterocycles. The highest BCUT2D eigenvalue weighted by Gasteiger charge is 2.44. The second kappa shape index (κ2) is 63.0. The molecule has 1 aliphatic carbocycles. The maximum atomic E-state index is 12.9. The number of carbonyl (C=O) groups excluding carboxylic acids is 1. The van der Waals surface area contributed by atoms with Crippen molar-refractivity contribution in [2.24, 2.45) is 122 Å². The topological polar surface area (TPSA) is 359 Å². The summed E-state index contributed by atoms with van der Waals surface area (Å²) in [5.74, 6) is -2.26. The monoisotopic (exact) mass is 1770 g/mol. The fourth-order valence-electron chi connectivity index (χ4n) is 15.7. The number of aliphatic carboxylic acids is 8. The van der Waals surface area contributed by atoms with Gasteiger partial charge in [-0.2, -0.15) is 13.2 Å². The number of aryl methyl sites for hydroxylation is 1. The molecule has 1 aromatic heterocycles. The van der Waals surface area contributed by atoms with Crippen LogP contribution in [0.1, 0.15) is 385 Å². The molecule has 6 unspecified atom stereocenters. The third-order valence-corrected chi connectivity index (χ3v) is 23.6. The predicted octanol–water partition coefficient (Wildman–Crippen LogP) is 25.9. The first kappa shape index (κ1) is 128. The normalized spacial score (nSPS) is 14.2. The summed E-state index contributed by atoms with van der Waals surface area (Å²) in [5.41, 5.74) is 2.91. The van der Waals surface area contributed by atoms with Crippen LogP contribution in [0.3, 0.4) is 0 Å². The van der Waals surface area contributed by atoms with Gasteiger partial charge in [-0.05, 0) is 225 Å². The molecule has 6 atom stereocenters. The van der Waals surface area contributed by atoms with Crippen molar-refractivity contribution in [2.75, 3.05) is 7.11 Å². The maximum absolute atomic E-state index is 12.9. The average Bonchev–Trinajstić information content (AvgIpc) is 0.789. The van der Waals surface area contributed by atoms with E-state index in [0.29, 0.717) is 96.8 Å². The van der Waals surface area contributed by atoms with Gasteiger partial charge < -0.3 is 55.5 Å². The Kier molecular flexibility index (Phi) is 64.9. The van der Waals surface area contributed by atoms with E-state index in [2.05, 4.69) is 178 Å². The van der Waals surface area contributed by atoms with Crippen LogP contribution < -0.4 is 15.6 Å². The maximum Gasteiger partial charge on any atom is 0.392 e. The molecule has 124 heavy (non-hydrogen) atoms. The minimum Gasteiger partial charge on any atom is -0.497 e. The third kappa shape index (κ3) is 59.9. The van der Waals surface area contributed by atoms with Crippen molar-refractivity contribution in [3.05, 3.63) is 63.1 Å². The number of nitrogens with one attached hydrogen (secondary N) is 1. The first-order chi connectivity index (χ1) is 56.3. The van der Waals surface area contributed by atoms with Crippen LogP contribution in [0.5, 0.6) is 5.75 Å². The van der Waals surface area contributed by atoms with E-state index in [1.165, 1.54) is 20.3 Å². The minimum absolute atomic E-state index is 0.00579. The summed E-state index contributed by atoms with van der Waals surface area (Å²) in [6.07, 6.45) is 9.68. The van der Waals surface area contributed by atoms with Crippen molar-refractivity contribution >= 4 is 53.7 Å². The lowest BCUT2D eigenvalue weighted by Gasteiger charge is -2.36. The number of halogens is 3. The van der Waals surface area contributed by atoms with Gasteiger partial charge in [0, 0.05) is 37.4 Å². The number of methoxy groups -OCH3 is 1. The lowest BCUT2D eigenvalue weighted by atomic mass is 9.67. The fraction of sp³-hybridized carbons (Fsp3) is 0.800. The highest BCUT2D eigenvalue weighted by Crippen LogP contribution is 2.43. The second-order valence-corrected chi connectivity index (χ2v) is 41.6. The van der Waals surface area contributed by atoms with Crippen molar-refractivity contribution in [2.45, 2.75) is 390 Å². The number of rotatable bonds is 38. The van der Waals surface area contributed by atoms with Gasteiger partial charge in [-0.3, -0.25) is 47.9 Å². The summed E-state index contributed by atoms with van der Waals surface area (Å²) < 4.78 is 43.1. The van der Waals surface area contributed by atoms with Gasteiger partial charge in [-0.25, -0.2) is 0 Å². The summed E-state index contributed by atoms with van der Waals surface area (Å²) in [5, 5.41) is 72.4. The van der Waals surface area contributed by atoms with Gasteiger partial charge in [0.05, 0.1) is 43.7 Å². The summed E-state index contributed by atoms with van der Waals surface area (Å²) >= 11 is 0. The number of ether oxygens (including phenoxy) is 1. The fourth-order valence-corrected chi connectivity index (χ4v) is 15.7. The molecule has 1 aliphatic rings.